The van der Waals surface area contributed by atoms with Gasteiger partial charge in [-0.25, -0.2) is 4.79 Å². The lowest BCUT2D eigenvalue weighted by Crippen LogP contribution is -2.44. The fourth-order valence-electron chi connectivity index (χ4n) is 8.92. The summed E-state index contributed by atoms with van der Waals surface area (Å²) in [6.07, 6.45) is 1.15. The summed E-state index contributed by atoms with van der Waals surface area (Å²) >= 11 is 0. The van der Waals surface area contributed by atoms with Gasteiger partial charge >= 0.3 is 5.97 Å². The fraction of sp³-hybridized carbons (Fsp3) is 0.129. The van der Waals surface area contributed by atoms with E-state index in [1.165, 1.54) is 29.2 Å². The lowest BCUT2D eigenvalue weighted by molar-refractivity contribution is -0.130. The van der Waals surface area contributed by atoms with Crippen LogP contribution in [-0.2, 0) is 24.4 Å². The fourth-order valence-corrected chi connectivity index (χ4v) is 9.40. The molecule has 14 heteroatoms. The number of nitrogens with one attached hydrogen (secondary N) is 2. The zero-order valence-corrected chi connectivity index (χ0v) is 42.0. The zero-order valence-electron chi connectivity index (χ0n) is 41.2. The zero-order chi connectivity index (χ0) is 52.9. The maximum atomic E-state index is 15.1. The van der Waals surface area contributed by atoms with Gasteiger partial charge in [-0.1, -0.05) is 146 Å². The summed E-state index contributed by atoms with van der Waals surface area (Å²) in [5, 5.41) is 9.01. The van der Waals surface area contributed by atoms with Crippen molar-refractivity contribution >= 4 is 61.0 Å². The highest BCUT2D eigenvalue weighted by Gasteiger charge is 2.35. The minimum absolute atomic E-state index is 0.195. The van der Waals surface area contributed by atoms with Gasteiger partial charge in [0, 0.05) is 29.9 Å². The van der Waals surface area contributed by atoms with Crippen LogP contribution in [0.5, 0.6) is 23.0 Å². The van der Waals surface area contributed by atoms with Crippen molar-refractivity contribution in [1.82, 2.24) is 10.6 Å². The number of anilines is 1. The predicted octanol–water partition coefficient (Wildman–Crippen LogP) is 12.6. The summed E-state index contributed by atoms with van der Waals surface area (Å²) < 4.78 is 52.4. The Hall–Kier alpha value is -9.11. The summed E-state index contributed by atoms with van der Waals surface area (Å²) in [4.78, 5) is 58.7. The van der Waals surface area contributed by atoms with Crippen molar-refractivity contribution in [2.45, 2.75) is 42.7 Å². The third-order valence-corrected chi connectivity index (χ3v) is 13.5. The molecule has 0 aliphatic heterocycles. The molecular weight excluding hydrogens is 979 g/mol. The van der Waals surface area contributed by atoms with Crippen molar-refractivity contribution in [2.75, 3.05) is 18.0 Å². The number of nitrogens with zero attached hydrogens (tertiary/aromatic N) is 1. The van der Waals surface area contributed by atoms with Crippen LogP contribution in [0, 0.1) is 0 Å². The topological polar surface area (TPSA) is 178 Å². The van der Waals surface area contributed by atoms with E-state index in [4.69, 9.17) is 14.2 Å². The number of hydrogen-bond acceptors (Lipinski definition) is 9. The monoisotopic (exact) mass is 1030 g/mol. The Bertz CT molecular complexity index is 3600. The van der Waals surface area contributed by atoms with E-state index >= 15 is 4.79 Å². The number of para-hydroxylation sites is 2. The van der Waals surface area contributed by atoms with Crippen molar-refractivity contribution in [1.29, 1.82) is 0 Å². The van der Waals surface area contributed by atoms with E-state index in [1.54, 1.807) is 84.9 Å². The van der Waals surface area contributed by atoms with Gasteiger partial charge in [0.15, 0.2) is 0 Å². The van der Waals surface area contributed by atoms with Crippen LogP contribution < -0.4 is 25.0 Å². The van der Waals surface area contributed by atoms with Crippen LogP contribution in [-0.4, -0.2) is 49.8 Å². The van der Waals surface area contributed by atoms with Crippen LogP contribution in [0.3, 0.4) is 0 Å². The molecule has 3 amide bonds. The van der Waals surface area contributed by atoms with Crippen molar-refractivity contribution in [3.63, 3.8) is 0 Å². The Morgan fingerprint density at radius 1 is 0.474 bits per heavy atom. The van der Waals surface area contributed by atoms with Gasteiger partial charge in [0.2, 0.25) is 12.0 Å². The molecule has 2 atom stereocenters. The van der Waals surface area contributed by atoms with E-state index in [0.717, 1.165) is 10.8 Å². The van der Waals surface area contributed by atoms with E-state index in [2.05, 4.69) is 10.6 Å². The van der Waals surface area contributed by atoms with Gasteiger partial charge in [-0.15, -0.1) is 0 Å². The summed E-state index contributed by atoms with van der Waals surface area (Å²) in [7, 11) is -4.59. The molecule has 0 bridgehead atoms. The van der Waals surface area contributed by atoms with Crippen LogP contribution in [0.15, 0.2) is 223 Å². The molecule has 0 spiro atoms. The molecule has 9 aromatic carbocycles. The highest BCUT2D eigenvalue weighted by Crippen LogP contribution is 2.35. The van der Waals surface area contributed by atoms with E-state index < -0.39 is 46.0 Å². The Morgan fingerprint density at radius 2 is 0.934 bits per heavy atom. The number of ether oxygens (including phenoxy) is 3. The lowest BCUT2D eigenvalue weighted by Gasteiger charge is -2.32. The highest BCUT2D eigenvalue weighted by molar-refractivity contribution is 7.85. The Kier molecular flexibility index (Phi) is 16.5. The third-order valence-electron chi connectivity index (χ3n) is 12.6. The number of carbonyl (C=O) groups excluding carboxylic acids is 4. The summed E-state index contributed by atoms with van der Waals surface area (Å²) in [5.41, 5.74) is 1.66. The first-order valence-electron chi connectivity index (χ1n) is 24.8. The summed E-state index contributed by atoms with van der Waals surface area (Å²) in [5.74, 6) is -0.169. The van der Waals surface area contributed by atoms with Crippen molar-refractivity contribution in [2.24, 2.45) is 0 Å². The van der Waals surface area contributed by atoms with Gasteiger partial charge in [-0.05, 0) is 125 Å². The van der Waals surface area contributed by atoms with Gasteiger partial charge in [0.25, 0.3) is 21.9 Å². The van der Waals surface area contributed by atoms with E-state index in [0.29, 0.717) is 81.7 Å². The van der Waals surface area contributed by atoms with Crippen LogP contribution in [0.25, 0.3) is 21.5 Å². The number of carbonyl (C=O) groups is 4. The van der Waals surface area contributed by atoms with Crippen LogP contribution in [0.1, 0.15) is 69.7 Å². The number of esters is 1. The minimum atomic E-state index is -4.59. The molecule has 2 unspecified atom stereocenters. The molecule has 0 aromatic heterocycles. The maximum Gasteiger partial charge on any atom is 0.339 e. The number of fused-ring (bicyclic) bond motifs is 2. The Morgan fingerprint density at radius 3 is 1.51 bits per heavy atom. The molecule has 76 heavy (non-hydrogen) atoms. The molecule has 0 radical (unpaired) electrons. The van der Waals surface area contributed by atoms with Crippen molar-refractivity contribution in [3.8, 4) is 23.0 Å². The molecule has 382 valence electrons. The van der Waals surface area contributed by atoms with Crippen LogP contribution in [0.4, 0.5) is 5.69 Å². The molecule has 9 aromatic rings. The predicted molar refractivity (Wildman–Crippen MR) is 292 cm³/mol. The average molecular weight is 1030 g/mol. The standard InChI is InChI=1S/C62H53N3O10S/c66-59(63-39-13-1-2-14-40-64-60(67)58(46-24-16-30-51(42-46)74-49-27-7-4-8-28-49)75-62(69)56-34-18-22-44-20-10-12-32-54(44)56)57(45-23-15-29-50(41-45)73-48-25-5-3-6-26-48)65(47-35-37-52(38-36-47)76(70,71)72)61(68)55-33-17-21-43-19-9-11-31-53(43)55/h3-12,15-38,41-42,57-58H,1-2,13-14,39-40H2,(H,63,66)(H,64,67)(H,70,71,72). The molecular formula is C62H53N3O10S. The molecule has 0 aliphatic carbocycles. The van der Waals surface area contributed by atoms with E-state index in [9.17, 15) is 27.4 Å². The Labute approximate surface area is 440 Å². The van der Waals surface area contributed by atoms with Gasteiger partial charge < -0.3 is 24.8 Å². The van der Waals surface area contributed by atoms with Crippen molar-refractivity contribution in [3.05, 3.63) is 241 Å². The van der Waals surface area contributed by atoms with Gasteiger partial charge in [0.05, 0.1) is 10.5 Å². The normalized spacial score (nSPS) is 12.0. The second-order valence-corrected chi connectivity index (χ2v) is 19.3. The van der Waals surface area contributed by atoms with Crippen molar-refractivity contribution < 1.29 is 46.4 Å². The Balaban J connectivity index is 0.895. The number of amides is 3. The quantitative estimate of drug-likeness (QED) is 0.0356. The smallest absolute Gasteiger partial charge is 0.339 e. The van der Waals surface area contributed by atoms with Crippen LogP contribution >= 0.6 is 0 Å². The number of rotatable bonds is 21. The van der Waals surface area contributed by atoms with Gasteiger partial charge in [-0.2, -0.15) is 8.42 Å². The number of benzene rings is 9. The maximum absolute atomic E-state index is 15.1. The molecule has 0 saturated carbocycles. The second-order valence-electron chi connectivity index (χ2n) is 17.9. The van der Waals surface area contributed by atoms with Gasteiger partial charge in [-0.3, -0.25) is 23.8 Å². The number of unbranched alkanes of at least 4 members (excludes halogenated alkanes) is 3. The largest absolute Gasteiger partial charge is 0.457 e. The first-order valence-corrected chi connectivity index (χ1v) is 26.2. The molecule has 9 rings (SSSR count). The molecule has 13 nitrogen and oxygen atoms in total. The molecule has 0 heterocycles. The third kappa shape index (κ3) is 12.8. The number of hydrogen-bond donors (Lipinski definition) is 3. The first-order chi connectivity index (χ1) is 37.0. The summed E-state index contributed by atoms with van der Waals surface area (Å²) in [6.45, 7) is 0.506. The summed E-state index contributed by atoms with van der Waals surface area (Å²) in [6, 6.07) is 61.4. The minimum Gasteiger partial charge on any atom is -0.457 e. The molecule has 0 saturated heterocycles. The molecule has 0 fully saturated rings. The lowest BCUT2D eigenvalue weighted by atomic mass is 9.99. The van der Waals surface area contributed by atoms with Gasteiger partial charge in [0.1, 0.15) is 29.0 Å². The van der Waals surface area contributed by atoms with E-state index in [-0.39, 0.29) is 23.7 Å². The van der Waals surface area contributed by atoms with E-state index in [1.807, 2.05) is 109 Å². The highest BCUT2D eigenvalue weighted by atomic mass is 32.2. The van der Waals surface area contributed by atoms with Crippen LogP contribution in [0.2, 0.25) is 0 Å². The second kappa shape index (κ2) is 24.3. The molecule has 3 N–H and O–H groups in total. The average Bonchev–Trinajstić information content (AvgIpc) is 3.45. The SMILES string of the molecule is O=C(OC(C(=O)NCCCCCCNC(=O)C(c1cccc(Oc2ccccc2)c1)N(C(=O)c1cccc2ccccc12)c1ccc(S(=O)(=O)O)cc1)c1cccc(Oc2ccccc2)c1)c1cccc2ccccc12. The molecule has 0 aliphatic rings. The first kappa shape index (κ1) is 51.8.